The van der Waals surface area contributed by atoms with E-state index in [9.17, 15) is 0 Å². The van der Waals surface area contributed by atoms with Crippen LogP contribution in [0, 0.1) is 0 Å². The lowest BCUT2D eigenvalue weighted by Crippen LogP contribution is -2.52. The van der Waals surface area contributed by atoms with Crippen LogP contribution in [-0.4, -0.2) is 61.0 Å². The third kappa shape index (κ3) is 5.69. The van der Waals surface area contributed by atoms with Crippen LogP contribution in [0.2, 0.25) is 0 Å². The average molecular weight is 532 g/mol. The van der Waals surface area contributed by atoms with Crippen molar-refractivity contribution >= 4 is 35.6 Å². The minimum absolute atomic E-state index is 0. The van der Waals surface area contributed by atoms with Crippen LogP contribution in [0.4, 0.5) is 5.69 Å². The molecule has 0 unspecified atom stereocenters. The van der Waals surface area contributed by atoms with Gasteiger partial charge >= 0.3 is 0 Å². The Balaban J connectivity index is 0.00000272. The number of benzene rings is 2. The van der Waals surface area contributed by atoms with Gasteiger partial charge in [-0.1, -0.05) is 12.1 Å². The van der Waals surface area contributed by atoms with Gasteiger partial charge < -0.3 is 19.9 Å². The second-order valence-electron chi connectivity index (χ2n) is 7.19. The maximum atomic E-state index is 5.26. The summed E-state index contributed by atoms with van der Waals surface area (Å²) in [6, 6.07) is 18.6. The van der Waals surface area contributed by atoms with Crippen molar-refractivity contribution in [3.05, 3.63) is 72.6 Å². The highest BCUT2D eigenvalue weighted by Crippen LogP contribution is 2.20. The summed E-state index contributed by atoms with van der Waals surface area (Å²) < 4.78 is 7.13. The quantitative estimate of drug-likeness (QED) is 0.310. The molecule has 1 aliphatic rings. The normalized spacial score (nSPS) is 14.2. The minimum Gasteiger partial charge on any atom is -0.497 e. The summed E-state index contributed by atoms with van der Waals surface area (Å²) in [6.45, 7) is 4.50. The summed E-state index contributed by atoms with van der Waals surface area (Å²) in [5.74, 6) is 1.83. The molecular formula is C23H29IN6O. The Hall–Kier alpha value is -2.75. The van der Waals surface area contributed by atoms with E-state index in [0.717, 1.165) is 50.1 Å². The Bertz CT molecular complexity index is 966. The first kappa shape index (κ1) is 22.9. The van der Waals surface area contributed by atoms with Gasteiger partial charge in [-0.05, 0) is 48.0 Å². The van der Waals surface area contributed by atoms with E-state index in [2.05, 4.69) is 61.6 Å². The Morgan fingerprint density at radius 2 is 1.81 bits per heavy atom. The van der Waals surface area contributed by atoms with E-state index in [1.165, 1.54) is 11.3 Å². The molecule has 8 heteroatoms. The van der Waals surface area contributed by atoms with Gasteiger partial charge in [0.15, 0.2) is 5.96 Å². The maximum absolute atomic E-state index is 5.26. The van der Waals surface area contributed by atoms with Gasteiger partial charge in [0.05, 0.1) is 12.8 Å². The number of hydrogen-bond acceptors (Lipinski definition) is 4. The van der Waals surface area contributed by atoms with E-state index in [-0.39, 0.29) is 24.0 Å². The molecule has 0 bridgehead atoms. The highest BCUT2D eigenvalue weighted by atomic mass is 127. The molecule has 1 saturated heterocycles. The van der Waals surface area contributed by atoms with E-state index in [1.807, 2.05) is 36.1 Å². The summed E-state index contributed by atoms with van der Waals surface area (Å²) in [6.07, 6.45) is 3.74. The Kier molecular flexibility index (Phi) is 8.16. The molecule has 0 atom stereocenters. The zero-order valence-corrected chi connectivity index (χ0v) is 20.3. The number of hydrogen-bond donors (Lipinski definition) is 1. The van der Waals surface area contributed by atoms with E-state index >= 15 is 0 Å². The van der Waals surface area contributed by atoms with E-state index in [4.69, 9.17) is 4.74 Å². The van der Waals surface area contributed by atoms with Crippen LogP contribution in [0.15, 0.2) is 72.0 Å². The predicted molar refractivity (Wildman–Crippen MR) is 136 cm³/mol. The first-order valence-corrected chi connectivity index (χ1v) is 10.2. The molecule has 1 fully saturated rings. The molecule has 0 radical (unpaired) electrons. The van der Waals surface area contributed by atoms with Gasteiger partial charge in [0.25, 0.3) is 0 Å². The van der Waals surface area contributed by atoms with Crippen molar-refractivity contribution in [2.24, 2.45) is 4.99 Å². The molecule has 1 aromatic heterocycles. The molecule has 7 nitrogen and oxygen atoms in total. The molecule has 1 aliphatic heterocycles. The molecule has 2 heterocycles. The minimum atomic E-state index is 0. The number of aromatic nitrogens is 2. The van der Waals surface area contributed by atoms with Gasteiger partial charge in [0.2, 0.25) is 0 Å². The SMILES string of the molecule is CN=C(NCc1cccc(-n2cccn2)c1)N1CCN(c2ccc(OC)cc2)CC1.I. The van der Waals surface area contributed by atoms with Crippen LogP contribution in [0.5, 0.6) is 5.75 Å². The lowest BCUT2D eigenvalue weighted by Gasteiger charge is -2.37. The number of methoxy groups -OCH3 is 1. The van der Waals surface area contributed by atoms with E-state index < -0.39 is 0 Å². The Labute approximate surface area is 200 Å². The number of rotatable bonds is 5. The first-order valence-electron chi connectivity index (χ1n) is 10.2. The van der Waals surface area contributed by atoms with Crippen LogP contribution in [0.3, 0.4) is 0 Å². The fourth-order valence-electron chi connectivity index (χ4n) is 3.71. The van der Waals surface area contributed by atoms with Gasteiger partial charge in [-0.3, -0.25) is 4.99 Å². The molecule has 0 amide bonds. The molecule has 1 N–H and O–H groups in total. The number of guanidine groups is 1. The molecule has 0 aliphatic carbocycles. The van der Waals surface area contributed by atoms with Crippen molar-refractivity contribution < 1.29 is 4.74 Å². The zero-order chi connectivity index (χ0) is 20.8. The summed E-state index contributed by atoms with van der Waals surface area (Å²) in [5.41, 5.74) is 3.48. The van der Waals surface area contributed by atoms with Crippen LogP contribution < -0.4 is 15.0 Å². The van der Waals surface area contributed by atoms with Crippen molar-refractivity contribution in [1.82, 2.24) is 20.0 Å². The summed E-state index contributed by atoms with van der Waals surface area (Å²) in [7, 11) is 3.54. The average Bonchev–Trinajstić information content (AvgIpc) is 3.35. The van der Waals surface area contributed by atoms with Gasteiger partial charge in [0.1, 0.15) is 5.75 Å². The van der Waals surface area contributed by atoms with Crippen molar-refractivity contribution in [3.63, 3.8) is 0 Å². The molecule has 3 aromatic rings. The largest absolute Gasteiger partial charge is 0.497 e. The van der Waals surface area contributed by atoms with Crippen LogP contribution in [-0.2, 0) is 6.54 Å². The topological polar surface area (TPSA) is 57.9 Å². The number of anilines is 1. The second-order valence-corrected chi connectivity index (χ2v) is 7.19. The van der Waals surface area contributed by atoms with Crippen molar-refractivity contribution in [2.75, 3.05) is 45.2 Å². The monoisotopic (exact) mass is 532 g/mol. The fraction of sp³-hybridized carbons (Fsp3) is 0.304. The van der Waals surface area contributed by atoms with Gasteiger partial charge in [-0.15, -0.1) is 24.0 Å². The number of piperazine rings is 1. The van der Waals surface area contributed by atoms with Gasteiger partial charge in [-0.2, -0.15) is 5.10 Å². The van der Waals surface area contributed by atoms with Crippen molar-refractivity contribution in [2.45, 2.75) is 6.54 Å². The van der Waals surface area contributed by atoms with Crippen molar-refractivity contribution in [3.8, 4) is 11.4 Å². The molecule has 0 spiro atoms. The summed E-state index contributed by atoms with van der Waals surface area (Å²) >= 11 is 0. The van der Waals surface area contributed by atoms with Crippen LogP contribution >= 0.6 is 24.0 Å². The summed E-state index contributed by atoms with van der Waals surface area (Å²) in [4.78, 5) is 9.21. The molecule has 0 saturated carbocycles. The zero-order valence-electron chi connectivity index (χ0n) is 17.9. The number of nitrogens with one attached hydrogen (secondary N) is 1. The third-order valence-electron chi connectivity index (χ3n) is 5.36. The number of halogens is 1. The molecule has 4 rings (SSSR count). The maximum Gasteiger partial charge on any atom is 0.194 e. The summed E-state index contributed by atoms with van der Waals surface area (Å²) in [5, 5.41) is 7.82. The smallest absolute Gasteiger partial charge is 0.194 e. The molecule has 2 aromatic carbocycles. The third-order valence-corrected chi connectivity index (χ3v) is 5.36. The van der Waals surface area contributed by atoms with Crippen LogP contribution in [0.1, 0.15) is 5.56 Å². The molecule has 164 valence electrons. The first-order chi connectivity index (χ1) is 14.8. The van der Waals surface area contributed by atoms with Gasteiger partial charge in [-0.25, -0.2) is 4.68 Å². The number of nitrogens with zero attached hydrogens (tertiary/aromatic N) is 5. The Morgan fingerprint density at radius 3 is 2.45 bits per heavy atom. The van der Waals surface area contributed by atoms with E-state index in [1.54, 1.807) is 13.3 Å². The lowest BCUT2D eigenvalue weighted by atomic mass is 10.2. The lowest BCUT2D eigenvalue weighted by molar-refractivity contribution is 0.372. The van der Waals surface area contributed by atoms with Gasteiger partial charge in [0, 0.05) is 57.9 Å². The van der Waals surface area contributed by atoms with E-state index in [0.29, 0.717) is 0 Å². The molecular weight excluding hydrogens is 503 g/mol. The highest BCUT2D eigenvalue weighted by Gasteiger charge is 2.19. The van der Waals surface area contributed by atoms with Crippen LogP contribution in [0.25, 0.3) is 5.69 Å². The standard InChI is InChI=1S/C23H28N6O.HI/c1-24-23(25-18-19-5-3-6-21(17-19)29-12-4-11-26-29)28-15-13-27(14-16-28)20-7-9-22(30-2)10-8-20;/h3-12,17H,13-16,18H2,1-2H3,(H,24,25);1H. The van der Waals surface area contributed by atoms with Crippen molar-refractivity contribution in [1.29, 1.82) is 0 Å². The predicted octanol–water partition coefficient (Wildman–Crippen LogP) is 3.40. The highest BCUT2D eigenvalue weighted by molar-refractivity contribution is 14.0. The second kappa shape index (κ2) is 11.0. The fourth-order valence-corrected chi connectivity index (χ4v) is 3.71. The molecule has 31 heavy (non-hydrogen) atoms. The number of ether oxygens (including phenoxy) is 1. The number of aliphatic imine (C=N–C) groups is 1. The Morgan fingerprint density at radius 1 is 1.03 bits per heavy atom.